The molecule has 2 N–H and O–H groups in total. The Bertz CT molecular complexity index is 1340. The Morgan fingerprint density at radius 3 is 2.42 bits per heavy atom. The number of imidazole rings is 1. The highest BCUT2D eigenvalue weighted by molar-refractivity contribution is 6.16. The minimum atomic E-state index is -0.929. The van der Waals surface area contributed by atoms with Gasteiger partial charge >= 0.3 is 0 Å². The minimum absolute atomic E-state index is 0.0111. The zero-order valence-corrected chi connectivity index (χ0v) is 17.5. The van der Waals surface area contributed by atoms with E-state index in [1.54, 1.807) is 6.07 Å². The first kappa shape index (κ1) is 20.6. The normalized spacial score (nSPS) is 16.1. The lowest BCUT2D eigenvalue weighted by Gasteiger charge is -2.24. The first-order valence-corrected chi connectivity index (χ1v) is 10.6. The van der Waals surface area contributed by atoms with Crippen molar-refractivity contribution in [2.75, 3.05) is 4.90 Å². The van der Waals surface area contributed by atoms with Gasteiger partial charge in [0.05, 0.1) is 22.6 Å². The summed E-state index contributed by atoms with van der Waals surface area (Å²) in [6, 6.07) is 21.4. The number of carbonyl (C=O) groups is 2. The molecule has 3 aromatic carbocycles. The summed E-state index contributed by atoms with van der Waals surface area (Å²) in [6.07, 6.45) is 0.577. The van der Waals surface area contributed by atoms with Gasteiger partial charge < -0.3 is 10.1 Å². The van der Waals surface area contributed by atoms with Crippen molar-refractivity contribution in [3.63, 3.8) is 0 Å². The molecule has 1 aliphatic rings. The smallest absolute Gasteiger partial charge is 0.296 e. The molecule has 0 saturated heterocycles. The van der Waals surface area contributed by atoms with Gasteiger partial charge in [0.1, 0.15) is 5.82 Å². The van der Waals surface area contributed by atoms with E-state index in [-0.39, 0.29) is 23.7 Å². The number of fused-ring (bicyclic) bond motifs is 1. The summed E-state index contributed by atoms with van der Waals surface area (Å²) < 4.78 is 13.6. The predicted molar refractivity (Wildman–Crippen MR) is 122 cm³/mol. The van der Waals surface area contributed by atoms with Crippen LogP contribution in [0.2, 0.25) is 0 Å². The van der Waals surface area contributed by atoms with Crippen LogP contribution in [-0.2, 0) is 16.0 Å². The number of H-pyrrole nitrogens is 1. The quantitative estimate of drug-likeness (QED) is 0.450. The topological polar surface area (TPSA) is 86.3 Å². The van der Waals surface area contributed by atoms with Gasteiger partial charge in [0.2, 0.25) is 5.95 Å². The van der Waals surface area contributed by atoms with Crippen molar-refractivity contribution in [2.24, 2.45) is 0 Å². The first-order chi connectivity index (χ1) is 16.0. The summed E-state index contributed by atoms with van der Waals surface area (Å²) in [5.41, 5.74) is 2.81. The molecule has 0 radical (unpaired) electrons. The lowest BCUT2D eigenvalue weighted by molar-refractivity contribution is -0.118. The van der Waals surface area contributed by atoms with E-state index in [0.717, 1.165) is 5.56 Å². The summed E-state index contributed by atoms with van der Waals surface area (Å²) >= 11 is 0. The maximum atomic E-state index is 13.6. The van der Waals surface area contributed by atoms with E-state index in [1.165, 1.54) is 29.2 Å². The number of aromatic amines is 1. The van der Waals surface area contributed by atoms with E-state index < -0.39 is 23.5 Å². The molecule has 33 heavy (non-hydrogen) atoms. The van der Waals surface area contributed by atoms with Crippen LogP contribution in [0, 0.1) is 5.82 Å². The second-order valence-corrected chi connectivity index (χ2v) is 7.88. The average molecular weight is 441 g/mol. The number of halogens is 1. The third-order valence-corrected chi connectivity index (χ3v) is 5.78. The number of Topliss-reactive ketones (excluding diaryl/α,β-unsaturated/α-hetero) is 1. The molecule has 0 aliphatic carbocycles. The highest BCUT2D eigenvalue weighted by Crippen LogP contribution is 2.41. The summed E-state index contributed by atoms with van der Waals surface area (Å²) in [7, 11) is 0. The molecule has 1 unspecified atom stereocenters. The number of para-hydroxylation sites is 2. The zero-order chi connectivity index (χ0) is 22.9. The van der Waals surface area contributed by atoms with Crippen LogP contribution in [0.25, 0.3) is 11.0 Å². The summed E-state index contributed by atoms with van der Waals surface area (Å²) in [5, 5.41) is 10.8. The fourth-order valence-electron chi connectivity index (χ4n) is 4.16. The number of amides is 1. The number of anilines is 1. The molecule has 164 valence electrons. The van der Waals surface area contributed by atoms with Gasteiger partial charge in [-0.05, 0) is 41.8 Å². The van der Waals surface area contributed by atoms with E-state index in [1.807, 2.05) is 48.5 Å². The number of aliphatic hydroxyl groups excluding tert-OH is 1. The molecule has 5 rings (SSSR count). The summed E-state index contributed by atoms with van der Waals surface area (Å²) in [6.45, 7) is 0. The molecule has 7 heteroatoms. The number of nitrogens with one attached hydrogen (secondary N) is 1. The molecule has 2 heterocycles. The van der Waals surface area contributed by atoms with Crippen molar-refractivity contribution in [1.82, 2.24) is 9.97 Å². The Hall–Kier alpha value is -4.26. The van der Waals surface area contributed by atoms with Crippen molar-refractivity contribution in [3.05, 3.63) is 107 Å². The molecular weight excluding hydrogens is 421 g/mol. The number of aromatic nitrogens is 2. The number of carbonyl (C=O) groups excluding carboxylic acids is 2. The van der Waals surface area contributed by atoms with Gasteiger partial charge in [-0.2, -0.15) is 0 Å². The minimum Gasteiger partial charge on any atom is -0.503 e. The van der Waals surface area contributed by atoms with Crippen LogP contribution < -0.4 is 4.90 Å². The largest absolute Gasteiger partial charge is 0.503 e. The van der Waals surface area contributed by atoms with E-state index in [2.05, 4.69) is 9.97 Å². The van der Waals surface area contributed by atoms with Crippen molar-refractivity contribution < 1.29 is 19.1 Å². The van der Waals surface area contributed by atoms with Crippen molar-refractivity contribution in [3.8, 4) is 0 Å². The van der Waals surface area contributed by atoms with Crippen molar-refractivity contribution in [2.45, 2.75) is 18.9 Å². The average Bonchev–Trinajstić information content (AvgIpc) is 3.37. The Kier molecular flexibility index (Phi) is 5.22. The van der Waals surface area contributed by atoms with E-state index in [9.17, 15) is 19.1 Å². The lowest BCUT2D eigenvalue weighted by Crippen LogP contribution is -2.32. The van der Waals surface area contributed by atoms with Gasteiger partial charge in [-0.25, -0.2) is 9.37 Å². The molecule has 1 aliphatic heterocycles. The van der Waals surface area contributed by atoms with E-state index in [4.69, 9.17) is 0 Å². The standard InChI is InChI=1S/C26H20FN3O3/c27-18-13-11-17(12-14-18)23-22(21(31)15-10-16-6-2-1-3-7-16)24(32)25(33)30(23)26-28-19-8-4-5-9-20(19)29-26/h1-9,11-14,23,32H,10,15H2,(H,28,29). The number of aryl methyl sites for hydroxylation is 1. The predicted octanol–water partition coefficient (Wildman–Crippen LogP) is 4.80. The summed E-state index contributed by atoms with van der Waals surface area (Å²) in [5.74, 6) is -1.93. The molecule has 0 spiro atoms. The van der Waals surface area contributed by atoms with Crippen LogP contribution in [0.5, 0.6) is 0 Å². The first-order valence-electron chi connectivity index (χ1n) is 10.6. The fraction of sp³-hybridized carbons (Fsp3) is 0.115. The van der Waals surface area contributed by atoms with Gasteiger partial charge in [0.15, 0.2) is 11.5 Å². The molecular formula is C26H20FN3O3. The third kappa shape index (κ3) is 3.78. The number of benzene rings is 3. The molecule has 0 fully saturated rings. The maximum Gasteiger partial charge on any atom is 0.296 e. The van der Waals surface area contributed by atoms with Crippen molar-refractivity contribution >= 4 is 28.7 Å². The second kappa shape index (κ2) is 8.35. The monoisotopic (exact) mass is 441 g/mol. The van der Waals surface area contributed by atoms with Crippen LogP contribution >= 0.6 is 0 Å². The molecule has 0 saturated carbocycles. The molecule has 1 amide bonds. The van der Waals surface area contributed by atoms with Crippen LogP contribution in [0.15, 0.2) is 90.2 Å². The number of nitrogens with zero attached hydrogens (tertiary/aromatic N) is 2. The Labute approximate surface area is 189 Å². The maximum absolute atomic E-state index is 13.6. The molecule has 0 bridgehead atoms. The lowest BCUT2D eigenvalue weighted by atomic mass is 9.93. The Morgan fingerprint density at radius 1 is 1.00 bits per heavy atom. The van der Waals surface area contributed by atoms with Crippen LogP contribution in [0.1, 0.15) is 23.6 Å². The Balaban J connectivity index is 1.55. The molecule has 4 aromatic rings. The fourth-order valence-corrected chi connectivity index (χ4v) is 4.16. The number of ketones is 1. The van der Waals surface area contributed by atoms with Gasteiger partial charge in [-0.15, -0.1) is 0 Å². The van der Waals surface area contributed by atoms with Gasteiger partial charge in [0, 0.05) is 6.42 Å². The second-order valence-electron chi connectivity index (χ2n) is 7.88. The highest BCUT2D eigenvalue weighted by Gasteiger charge is 2.45. The molecule has 1 atom stereocenters. The number of hydrogen-bond acceptors (Lipinski definition) is 4. The number of rotatable bonds is 6. The van der Waals surface area contributed by atoms with Gasteiger partial charge in [0.25, 0.3) is 5.91 Å². The molecule has 1 aromatic heterocycles. The van der Waals surface area contributed by atoms with Gasteiger partial charge in [-0.3, -0.25) is 14.5 Å². The van der Waals surface area contributed by atoms with Crippen LogP contribution in [0.4, 0.5) is 10.3 Å². The van der Waals surface area contributed by atoms with E-state index >= 15 is 0 Å². The summed E-state index contributed by atoms with van der Waals surface area (Å²) in [4.78, 5) is 35.3. The third-order valence-electron chi connectivity index (χ3n) is 5.78. The van der Waals surface area contributed by atoms with Gasteiger partial charge in [-0.1, -0.05) is 54.6 Å². The van der Waals surface area contributed by atoms with Crippen LogP contribution in [0.3, 0.4) is 0 Å². The van der Waals surface area contributed by atoms with Crippen molar-refractivity contribution in [1.29, 1.82) is 0 Å². The molecule has 6 nitrogen and oxygen atoms in total. The highest BCUT2D eigenvalue weighted by atomic mass is 19.1. The van der Waals surface area contributed by atoms with E-state index in [0.29, 0.717) is 23.0 Å². The zero-order valence-electron chi connectivity index (χ0n) is 17.5. The number of aliphatic hydroxyl groups is 1. The SMILES string of the molecule is O=C(CCc1ccccc1)C1=C(O)C(=O)N(c2nc3ccccc3[nH]2)C1c1ccc(F)cc1. The number of hydrogen-bond donors (Lipinski definition) is 2. The van der Waals surface area contributed by atoms with Crippen LogP contribution in [-0.4, -0.2) is 26.8 Å². The Morgan fingerprint density at radius 2 is 1.70 bits per heavy atom.